The lowest BCUT2D eigenvalue weighted by Gasteiger charge is -2.10. The molecule has 0 aliphatic rings. The zero-order chi connectivity index (χ0) is 17.6. The number of amides is 1. The molecule has 130 valence electrons. The van der Waals surface area contributed by atoms with Gasteiger partial charge in [-0.15, -0.1) is 0 Å². The van der Waals surface area contributed by atoms with E-state index in [9.17, 15) is 4.79 Å². The fraction of sp³-hybridized carbons (Fsp3) is 0.316. The van der Waals surface area contributed by atoms with Crippen molar-refractivity contribution in [2.24, 2.45) is 5.92 Å². The first-order valence-corrected chi connectivity index (χ1v) is 8.40. The molecule has 0 saturated heterocycles. The number of rotatable bonds is 7. The van der Waals surface area contributed by atoms with Gasteiger partial charge in [-0.3, -0.25) is 9.48 Å². The van der Waals surface area contributed by atoms with E-state index in [1.165, 1.54) is 0 Å². The van der Waals surface area contributed by atoms with Crippen LogP contribution < -0.4 is 5.32 Å². The summed E-state index contributed by atoms with van der Waals surface area (Å²) in [5.41, 5.74) is 2.97. The van der Waals surface area contributed by atoms with Crippen LogP contribution in [0.15, 0.2) is 53.3 Å². The number of hydrogen-bond acceptors (Lipinski definition) is 4. The summed E-state index contributed by atoms with van der Waals surface area (Å²) in [6, 6.07) is 11.6. The molecule has 25 heavy (non-hydrogen) atoms. The van der Waals surface area contributed by atoms with Crippen molar-refractivity contribution in [1.82, 2.24) is 20.3 Å². The Bertz CT molecular complexity index is 822. The van der Waals surface area contributed by atoms with Crippen LogP contribution in [0.2, 0.25) is 0 Å². The third kappa shape index (κ3) is 4.56. The maximum Gasteiger partial charge on any atom is 0.290 e. The Kier molecular flexibility index (Phi) is 5.28. The van der Waals surface area contributed by atoms with Crippen molar-refractivity contribution < 1.29 is 9.32 Å². The molecule has 0 spiro atoms. The summed E-state index contributed by atoms with van der Waals surface area (Å²) in [5, 5.41) is 11.1. The van der Waals surface area contributed by atoms with Gasteiger partial charge >= 0.3 is 0 Å². The number of hydrogen-bond donors (Lipinski definition) is 1. The molecular weight excluding hydrogens is 316 g/mol. The molecule has 6 nitrogen and oxygen atoms in total. The largest absolute Gasteiger partial charge is 0.351 e. The second kappa shape index (κ2) is 7.79. The van der Waals surface area contributed by atoms with Crippen molar-refractivity contribution in [3.8, 4) is 0 Å². The average molecular weight is 338 g/mol. The quantitative estimate of drug-likeness (QED) is 0.718. The SMILES string of the molecule is CC(C)Cc1cc(C(=O)NCc2ccccc2Cn2cccn2)on1. The fourth-order valence-corrected chi connectivity index (χ4v) is 2.65. The van der Waals surface area contributed by atoms with Crippen LogP contribution in [-0.4, -0.2) is 20.8 Å². The Morgan fingerprint density at radius 1 is 1.24 bits per heavy atom. The van der Waals surface area contributed by atoms with Crippen LogP contribution in [-0.2, 0) is 19.5 Å². The third-order valence-corrected chi connectivity index (χ3v) is 3.85. The second-order valence-corrected chi connectivity index (χ2v) is 6.44. The minimum atomic E-state index is -0.253. The normalized spacial score (nSPS) is 11.0. The smallest absolute Gasteiger partial charge is 0.290 e. The highest BCUT2D eigenvalue weighted by atomic mass is 16.5. The summed E-state index contributed by atoms with van der Waals surface area (Å²) in [4.78, 5) is 12.3. The van der Waals surface area contributed by atoms with Gasteiger partial charge in [0.05, 0.1) is 12.2 Å². The van der Waals surface area contributed by atoms with Gasteiger partial charge in [0.25, 0.3) is 5.91 Å². The van der Waals surface area contributed by atoms with Gasteiger partial charge in [-0.25, -0.2) is 0 Å². The Labute approximate surface area is 146 Å². The standard InChI is InChI=1S/C19H22N4O2/c1-14(2)10-17-11-18(25-22-17)19(24)20-12-15-6-3-4-7-16(15)13-23-9-5-8-21-23/h3-9,11,14H,10,12-13H2,1-2H3,(H,20,24). The molecule has 1 aromatic carbocycles. The minimum Gasteiger partial charge on any atom is -0.351 e. The van der Waals surface area contributed by atoms with Gasteiger partial charge in [0.1, 0.15) is 0 Å². The van der Waals surface area contributed by atoms with E-state index >= 15 is 0 Å². The zero-order valence-corrected chi connectivity index (χ0v) is 14.5. The molecule has 3 aromatic rings. The lowest BCUT2D eigenvalue weighted by atomic mass is 10.1. The van der Waals surface area contributed by atoms with E-state index in [1.807, 2.05) is 41.2 Å². The van der Waals surface area contributed by atoms with E-state index in [1.54, 1.807) is 12.3 Å². The van der Waals surface area contributed by atoms with Gasteiger partial charge in [0.2, 0.25) is 5.76 Å². The van der Waals surface area contributed by atoms with E-state index in [0.29, 0.717) is 19.0 Å². The summed E-state index contributed by atoms with van der Waals surface area (Å²) in [7, 11) is 0. The minimum absolute atomic E-state index is 0.250. The predicted octanol–water partition coefficient (Wildman–Crippen LogP) is 3.05. The van der Waals surface area contributed by atoms with Crippen LogP contribution in [0.1, 0.15) is 41.2 Å². The molecule has 3 rings (SSSR count). The molecular formula is C19H22N4O2. The van der Waals surface area contributed by atoms with Crippen LogP contribution in [0.5, 0.6) is 0 Å². The fourth-order valence-electron chi connectivity index (χ4n) is 2.65. The van der Waals surface area contributed by atoms with E-state index in [2.05, 4.69) is 29.4 Å². The first-order valence-electron chi connectivity index (χ1n) is 8.40. The predicted molar refractivity (Wildman–Crippen MR) is 94.0 cm³/mol. The van der Waals surface area contributed by atoms with Crippen molar-refractivity contribution in [1.29, 1.82) is 0 Å². The van der Waals surface area contributed by atoms with E-state index in [0.717, 1.165) is 23.2 Å². The molecule has 0 radical (unpaired) electrons. The highest BCUT2D eigenvalue weighted by Crippen LogP contribution is 2.12. The second-order valence-electron chi connectivity index (χ2n) is 6.44. The summed E-state index contributed by atoms with van der Waals surface area (Å²) >= 11 is 0. The highest BCUT2D eigenvalue weighted by molar-refractivity contribution is 5.91. The van der Waals surface area contributed by atoms with Crippen LogP contribution in [0.3, 0.4) is 0 Å². The topological polar surface area (TPSA) is 73.0 Å². The number of carbonyl (C=O) groups excluding carboxylic acids is 1. The number of nitrogens with one attached hydrogen (secondary N) is 1. The summed E-state index contributed by atoms with van der Waals surface area (Å²) in [5.74, 6) is 0.465. The average Bonchev–Trinajstić information content (AvgIpc) is 3.25. The molecule has 0 saturated carbocycles. The molecule has 2 heterocycles. The van der Waals surface area contributed by atoms with Crippen molar-refractivity contribution in [2.45, 2.75) is 33.4 Å². The maximum atomic E-state index is 12.3. The monoisotopic (exact) mass is 338 g/mol. The van der Waals surface area contributed by atoms with Gasteiger partial charge in [-0.1, -0.05) is 43.3 Å². The van der Waals surface area contributed by atoms with Crippen molar-refractivity contribution in [2.75, 3.05) is 0 Å². The molecule has 0 atom stereocenters. The van der Waals surface area contributed by atoms with Crippen LogP contribution >= 0.6 is 0 Å². The van der Waals surface area contributed by atoms with Gasteiger partial charge in [-0.05, 0) is 29.5 Å². The Balaban J connectivity index is 1.63. The van der Waals surface area contributed by atoms with E-state index < -0.39 is 0 Å². The molecule has 0 bridgehead atoms. The molecule has 0 aliphatic carbocycles. The summed E-state index contributed by atoms with van der Waals surface area (Å²) < 4.78 is 7.01. The Hall–Kier alpha value is -2.89. The molecule has 0 aliphatic heterocycles. The van der Waals surface area contributed by atoms with E-state index in [4.69, 9.17) is 4.52 Å². The lowest BCUT2D eigenvalue weighted by Crippen LogP contribution is -2.23. The molecule has 0 unspecified atom stereocenters. The van der Waals surface area contributed by atoms with Gasteiger partial charge in [0.15, 0.2) is 0 Å². The molecule has 6 heteroatoms. The summed E-state index contributed by atoms with van der Waals surface area (Å²) in [6.45, 7) is 5.30. The van der Waals surface area contributed by atoms with Crippen LogP contribution in [0.25, 0.3) is 0 Å². The maximum absolute atomic E-state index is 12.3. The molecule has 0 fully saturated rings. The van der Waals surface area contributed by atoms with Gasteiger partial charge in [-0.2, -0.15) is 5.10 Å². The van der Waals surface area contributed by atoms with E-state index in [-0.39, 0.29) is 11.7 Å². The number of aromatic nitrogens is 3. The Morgan fingerprint density at radius 3 is 2.76 bits per heavy atom. The number of nitrogens with zero attached hydrogens (tertiary/aromatic N) is 3. The highest BCUT2D eigenvalue weighted by Gasteiger charge is 2.14. The molecule has 1 amide bonds. The first-order chi connectivity index (χ1) is 12.1. The first kappa shape index (κ1) is 17.0. The molecule has 1 N–H and O–H groups in total. The van der Waals surface area contributed by atoms with Crippen molar-refractivity contribution in [3.05, 3.63) is 71.4 Å². The Morgan fingerprint density at radius 2 is 2.04 bits per heavy atom. The lowest BCUT2D eigenvalue weighted by molar-refractivity contribution is 0.0914. The van der Waals surface area contributed by atoms with Crippen LogP contribution in [0, 0.1) is 5.92 Å². The van der Waals surface area contributed by atoms with Gasteiger partial charge in [0, 0.05) is 25.0 Å². The third-order valence-electron chi connectivity index (χ3n) is 3.85. The zero-order valence-electron chi connectivity index (χ0n) is 14.5. The van der Waals surface area contributed by atoms with Gasteiger partial charge < -0.3 is 9.84 Å². The van der Waals surface area contributed by atoms with Crippen molar-refractivity contribution in [3.63, 3.8) is 0 Å². The summed E-state index contributed by atoms with van der Waals surface area (Å²) in [6.07, 6.45) is 4.46. The number of benzene rings is 1. The molecule has 2 aromatic heterocycles. The number of carbonyl (C=O) groups is 1. The van der Waals surface area contributed by atoms with Crippen LogP contribution in [0.4, 0.5) is 0 Å². The van der Waals surface area contributed by atoms with Crippen molar-refractivity contribution >= 4 is 5.91 Å².